The van der Waals surface area contributed by atoms with Crippen molar-refractivity contribution in [3.05, 3.63) is 0 Å². The number of nitrogens with two attached hydrogens (primary N) is 1. The molecule has 1 aliphatic carbocycles. The molecule has 0 aliphatic heterocycles. The van der Waals surface area contributed by atoms with Gasteiger partial charge >= 0.3 is 0 Å². The molecule has 1 aliphatic rings. The third kappa shape index (κ3) is 5.41. The molecule has 3 nitrogen and oxygen atoms in total. The first-order chi connectivity index (χ1) is 8.79. The summed E-state index contributed by atoms with van der Waals surface area (Å²) in [5.74, 6) is 0.794. The van der Waals surface area contributed by atoms with E-state index < -0.39 is 0 Å². The standard InChI is InChI=1S/C16H33NO2/c1-13(2)18-10-11-19-16(12-17)8-6-14(7-9-16)15(3,4)5/h13-14H,6-12,17H2,1-5H3. The Morgan fingerprint density at radius 3 is 2.16 bits per heavy atom. The van der Waals surface area contributed by atoms with Gasteiger partial charge in [-0.25, -0.2) is 0 Å². The van der Waals surface area contributed by atoms with Crippen LogP contribution in [0.25, 0.3) is 0 Å². The Hall–Kier alpha value is -0.120. The Balaban J connectivity index is 2.38. The van der Waals surface area contributed by atoms with Crippen LogP contribution in [0.15, 0.2) is 0 Å². The van der Waals surface area contributed by atoms with Crippen molar-refractivity contribution in [1.29, 1.82) is 0 Å². The molecule has 0 aromatic carbocycles. The van der Waals surface area contributed by atoms with Crippen LogP contribution in [0.5, 0.6) is 0 Å². The molecular weight excluding hydrogens is 238 g/mol. The van der Waals surface area contributed by atoms with E-state index in [1.165, 1.54) is 12.8 Å². The van der Waals surface area contributed by atoms with Crippen LogP contribution in [0.3, 0.4) is 0 Å². The molecular formula is C16H33NO2. The first-order valence-corrected chi connectivity index (χ1v) is 7.75. The van der Waals surface area contributed by atoms with Crippen molar-refractivity contribution in [2.75, 3.05) is 19.8 Å². The summed E-state index contributed by atoms with van der Waals surface area (Å²) in [6.45, 7) is 13.1. The van der Waals surface area contributed by atoms with Crippen LogP contribution in [0.2, 0.25) is 0 Å². The molecule has 0 amide bonds. The molecule has 0 aromatic rings. The van der Waals surface area contributed by atoms with Crippen LogP contribution < -0.4 is 5.73 Å². The Labute approximate surface area is 119 Å². The summed E-state index contributed by atoms with van der Waals surface area (Å²) in [5, 5.41) is 0. The summed E-state index contributed by atoms with van der Waals surface area (Å²) < 4.78 is 11.6. The van der Waals surface area contributed by atoms with E-state index in [1.807, 2.05) is 13.8 Å². The monoisotopic (exact) mass is 271 g/mol. The van der Waals surface area contributed by atoms with Gasteiger partial charge in [0, 0.05) is 6.54 Å². The summed E-state index contributed by atoms with van der Waals surface area (Å²) in [6.07, 6.45) is 4.91. The van der Waals surface area contributed by atoms with Gasteiger partial charge in [-0.15, -0.1) is 0 Å². The second-order valence-corrected chi connectivity index (χ2v) is 7.30. The highest BCUT2D eigenvalue weighted by Gasteiger charge is 2.38. The molecule has 0 saturated heterocycles. The number of hydrogen-bond donors (Lipinski definition) is 1. The largest absolute Gasteiger partial charge is 0.376 e. The third-order valence-electron chi connectivity index (χ3n) is 4.44. The lowest BCUT2D eigenvalue weighted by Gasteiger charge is -2.43. The fourth-order valence-corrected chi connectivity index (χ4v) is 2.96. The molecule has 19 heavy (non-hydrogen) atoms. The van der Waals surface area contributed by atoms with E-state index in [9.17, 15) is 0 Å². The van der Waals surface area contributed by atoms with E-state index in [0.717, 1.165) is 18.8 Å². The van der Waals surface area contributed by atoms with Crippen LogP contribution in [0.1, 0.15) is 60.3 Å². The van der Waals surface area contributed by atoms with Crippen LogP contribution in [0, 0.1) is 11.3 Å². The van der Waals surface area contributed by atoms with Crippen molar-refractivity contribution < 1.29 is 9.47 Å². The van der Waals surface area contributed by atoms with E-state index in [1.54, 1.807) is 0 Å². The van der Waals surface area contributed by atoms with Crippen molar-refractivity contribution in [3.8, 4) is 0 Å². The molecule has 0 atom stereocenters. The second-order valence-electron chi connectivity index (χ2n) is 7.30. The van der Waals surface area contributed by atoms with Gasteiger partial charge in [-0.05, 0) is 50.9 Å². The minimum atomic E-state index is -0.0951. The quantitative estimate of drug-likeness (QED) is 0.753. The topological polar surface area (TPSA) is 44.5 Å². The lowest BCUT2D eigenvalue weighted by Crippen LogP contribution is -2.46. The van der Waals surface area contributed by atoms with Gasteiger partial charge in [0.1, 0.15) is 0 Å². The van der Waals surface area contributed by atoms with Crippen molar-refractivity contribution >= 4 is 0 Å². The van der Waals surface area contributed by atoms with Crippen molar-refractivity contribution in [2.45, 2.75) is 72.0 Å². The molecule has 0 radical (unpaired) electrons. The zero-order chi connectivity index (χ0) is 14.5. The molecule has 0 aromatic heterocycles. The minimum Gasteiger partial charge on any atom is -0.376 e. The van der Waals surface area contributed by atoms with E-state index in [4.69, 9.17) is 15.2 Å². The first-order valence-electron chi connectivity index (χ1n) is 7.75. The highest BCUT2D eigenvalue weighted by atomic mass is 16.5. The van der Waals surface area contributed by atoms with Gasteiger partial charge in [0.05, 0.1) is 24.9 Å². The smallest absolute Gasteiger partial charge is 0.0805 e. The Kier molecular flexibility index (Phi) is 6.28. The second kappa shape index (κ2) is 7.05. The molecule has 0 bridgehead atoms. The van der Waals surface area contributed by atoms with Gasteiger partial charge < -0.3 is 15.2 Å². The zero-order valence-corrected chi connectivity index (χ0v) is 13.5. The van der Waals surface area contributed by atoms with E-state index >= 15 is 0 Å². The average molecular weight is 271 g/mol. The predicted molar refractivity (Wildman–Crippen MR) is 80.2 cm³/mol. The number of hydrogen-bond acceptors (Lipinski definition) is 3. The summed E-state index contributed by atoms with van der Waals surface area (Å²) in [5.41, 5.74) is 6.28. The summed E-state index contributed by atoms with van der Waals surface area (Å²) in [7, 11) is 0. The molecule has 3 heteroatoms. The molecule has 0 spiro atoms. The maximum Gasteiger partial charge on any atom is 0.0805 e. The number of rotatable bonds is 6. The Morgan fingerprint density at radius 1 is 1.16 bits per heavy atom. The maximum atomic E-state index is 6.08. The zero-order valence-electron chi connectivity index (χ0n) is 13.5. The average Bonchev–Trinajstić information content (AvgIpc) is 2.34. The molecule has 1 fully saturated rings. The van der Waals surface area contributed by atoms with Gasteiger partial charge in [0.15, 0.2) is 0 Å². The predicted octanol–water partition coefficient (Wildman–Crippen LogP) is 3.36. The van der Waals surface area contributed by atoms with Gasteiger partial charge in [-0.3, -0.25) is 0 Å². The molecule has 114 valence electrons. The van der Waals surface area contributed by atoms with Crippen molar-refractivity contribution in [3.63, 3.8) is 0 Å². The fourth-order valence-electron chi connectivity index (χ4n) is 2.96. The minimum absolute atomic E-state index is 0.0951. The lowest BCUT2D eigenvalue weighted by molar-refractivity contribution is -0.0994. The summed E-state index contributed by atoms with van der Waals surface area (Å²) in [6, 6.07) is 0. The summed E-state index contributed by atoms with van der Waals surface area (Å²) >= 11 is 0. The SMILES string of the molecule is CC(C)OCCOC1(CN)CCC(C(C)(C)C)CC1. The van der Waals surface area contributed by atoms with Crippen molar-refractivity contribution in [2.24, 2.45) is 17.1 Å². The highest BCUT2D eigenvalue weighted by molar-refractivity contribution is 4.91. The van der Waals surface area contributed by atoms with Gasteiger partial charge in [0.25, 0.3) is 0 Å². The molecule has 2 N–H and O–H groups in total. The summed E-state index contributed by atoms with van der Waals surface area (Å²) in [4.78, 5) is 0. The van der Waals surface area contributed by atoms with E-state index in [2.05, 4.69) is 20.8 Å². The molecule has 1 rings (SSSR count). The van der Waals surface area contributed by atoms with E-state index in [-0.39, 0.29) is 11.7 Å². The number of ether oxygens (including phenoxy) is 2. The first kappa shape index (κ1) is 16.9. The normalized spacial score (nSPS) is 28.9. The lowest BCUT2D eigenvalue weighted by atomic mass is 9.68. The fraction of sp³-hybridized carbons (Fsp3) is 1.00. The van der Waals surface area contributed by atoms with Gasteiger partial charge in [0.2, 0.25) is 0 Å². The van der Waals surface area contributed by atoms with Gasteiger partial charge in [-0.2, -0.15) is 0 Å². The Morgan fingerprint density at radius 2 is 1.74 bits per heavy atom. The molecule has 0 heterocycles. The molecule has 0 unspecified atom stereocenters. The van der Waals surface area contributed by atoms with Crippen molar-refractivity contribution in [1.82, 2.24) is 0 Å². The van der Waals surface area contributed by atoms with Crippen LogP contribution >= 0.6 is 0 Å². The maximum absolute atomic E-state index is 6.08. The van der Waals surface area contributed by atoms with Gasteiger partial charge in [-0.1, -0.05) is 20.8 Å². The third-order valence-corrected chi connectivity index (χ3v) is 4.44. The Bertz CT molecular complexity index is 250. The highest BCUT2D eigenvalue weighted by Crippen LogP contribution is 2.42. The van der Waals surface area contributed by atoms with E-state index in [0.29, 0.717) is 25.2 Å². The molecule has 1 saturated carbocycles. The van der Waals surface area contributed by atoms with Crippen LogP contribution in [-0.4, -0.2) is 31.5 Å². The van der Waals surface area contributed by atoms with Crippen LogP contribution in [0.4, 0.5) is 0 Å². The van der Waals surface area contributed by atoms with Crippen LogP contribution in [-0.2, 0) is 9.47 Å².